The number of benzene rings is 3. The smallest absolute Gasteiger partial charge is 0.439 e. The van der Waals surface area contributed by atoms with Crippen molar-refractivity contribution in [1.82, 2.24) is 19.7 Å². The van der Waals surface area contributed by atoms with Crippen molar-refractivity contribution in [3.8, 4) is 34.0 Å². The van der Waals surface area contributed by atoms with Crippen molar-refractivity contribution >= 4 is 0 Å². The van der Waals surface area contributed by atoms with Gasteiger partial charge in [-0.1, -0.05) is 67.0 Å². The third kappa shape index (κ3) is 5.16. The van der Waals surface area contributed by atoms with Crippen LogP contribution in [0.25, 0.3) is 28.2 Å². The maximum atomic E-state index is 13.9. The van der Waals surface area contributed by atoms with E-state index in [0.717, 1.165) is 64.4 Å². The van der Waals surface area contributed by atoms with Crippen LogP contribution in [0.5, 0.6) is 5.75 Å². The summed E-state index contributed by atoms with van der Waals surface area (Å²) in [5.74, 6) is 2.17. The maximum Gasteiger partial charge on any atom is 0.439 e. The van der Waals surface area contributed by atoms with E-state index in [-0.39, 0.29) is 5.56 Å². The first-order chi connectivity index (χ1) is 19.5. The number of hydrogen-bond donors (Lipinski definition) is 1. The molecular weight excluding hydrogens is 504 g/mol. The number of nitrogens with zero attached hydrogens (tertiary/aromatic N) is 3. The Labute approximate surface area is 230 Å². The van der Waals surface area contributed by atoms with Crippen LogP contribution in [0.3, 0.4) is 0 Å². The number of aromatic amines is 1. The number of rotatable bonds is 9. The van der Waals surface area contributed by atoms with E-state index in [4.69, 9.17) is 14.2 Å². The number of H-pyrrole nitrogens is 1. The van der Waals surface area contributed by atoms with Crippen LogP contribution in [0.4, 0.5) is 0 Å². The first kappa shape index (κ1) is 25.3. The Hall–Kier alpha value is -4.98. The van der Waals surface area contributed by atoms with E-state index in [1.54, 1.807) is 4.57 Å². The summed E-state index contributed by atoms with van der Waals surface area (Å²) in [6.07, 6.45) is 5.01. The summed E-state index contributed by atoms with van der Waals surface area (Å²) in [5.41, 5.74) is 5.88. The minimum atomic E-state index is -0.597. The molecule has 0 spiro atoms. The normalized spacial score (nSPS) is 12.3. The van der Waals surface area contributed by atoms with E-state index in [9.17, 15) is 9.59 Å². The van der Waals surface area contributed by atoms with Crippen molar-refractivity contribution in [2.75, 3.05) is 0 Å². The van der Waals surface area contributed by atoms with E-state index in [1.807, 2.05) is 85.8 Å². The van der Waals surface area contributed by atoms with Gasteiger partial charge in [0.25, 0.3) is 5.56 Å². The molecule has 2 heterocycles. The fraction of sp³-hybridized carbons (Fsp3) is 0.188. The van der Waals surface area contributed by atoms with Gasteiger partial charge in [-0.05, 0) is 60.4 Å². The Bertz CT molecular complexity index is 1830. The monoisotopic (exact) mass is 532 g/mol. The molecule has 5 aromatic rings. The molecule has 8 nitrogen and oxygen atoms in total. The number of ether oxygens (including phenoxy) is 1. The Morgan fingerprint density at radius 3 is 2.35 bits per heavy atom. The molecule has 0 radical (unpaired) electrons. The lowest BCUT2D eigenvalue weighted by Crippen LogP contribution is -2.28. The van der Waals surface area contributed by atoms with Crippen molar-refractivity contribution in [1.29, 1.82) is 0 Å². The lowest BCUT2D eigenvalue weighted by molar-refractivity contribution is 0.388. The van der Waals surface area contributed by atoms with E-state index in [0.29, 0.717) is 23.6 Å². The number of hydrogen-bond acceptors (Lipinski definition) is 6. The van der Waals surface area contributed by atoms with Crippen molar-refractivity contribution in [2.45, 2.75) is 39.5 Å². The topological polar surface area (TPSA) is 103 Å². The second-order valence-electron chi connectivity index (χ2n) is 9.81. The highest BCUT2D eigenvalue weighted by atomic mass is 16.5. The third-order valence-corrected chi connectivity index (χ3v) is 6.90. The van der Waals surface area contributed by atoms with Gasteiger partial charge in [-0.3, -0.25) is 18.9 Å². The van der Waals surface area contributed by atoms with Crippen LogP contribution in [0.1, 0.15) is 42.4 Å². The van der Waals surface area contributed by atoms with Crippen LogP contribution in [-0.2, 0) is 12.8 Å². The van der Waals surface area contributed by atoms with Gasteiger partial charge in [-0.25, -0.2) is 9.78 Å². The highest BCUT2D eigenvalue weighted by Crippen LogP contribution is 2.30. The zero-order chi connectivity index (χ0) is 27.6. The van der Waals surface area contributed by atoms with Crippen molar-refractivity contribution < 1.29 is 9.26 Å². The molecule has 0 fully saturated rings. The van der Waals surface area contributed by atoms with Gasteiger partial charge in [-0.15, -0.1) is 0 Å². The molecule has 1 aliphatic rings. The number of aromatic nitrogens is 4. The Morgan fingerprint density at radius 2 is 1.70 bits per heavy atom. The summed E-state index contributed by atoms with van der Waals surface area (Å²) >= 11 is 0. The average Bonchev–Trinajstić information content (AvgIpc) is 3.68. The summed E-state index contributed by atoms with van der Waals surface area (Å²) < 4.78 is 12.1. The number of nitrogens with one attached hydrogen (secondary N) is 1. The van der Waals surface area contributed by atoms with Gasteiger partial charge in [0.2, 0.25) is 0 Å². The molecule has 1 aliphatic carbocycles. The molecule has 200 valence electrons. The van der Waals surface area contributed by atoms with Crippen LogP contribution >= 0.6 is 0 Å². The first-order valence-corrected chi connectivity index (χ1v) is 13.3. The van der Waals surface area contributed by atoms with Crippen LogP contribution in [-0.4, -0.2) is 19.7 Å². The predicted molar refractivity (Wildman–Crippen MR) is 153 cm³/mol. The Balaban J connectivity index is 1.32. The fourth-order valence-corrected chi connectivity index (χ4v) is 4.88. The summed E-state index contributed by atoms with van der Waals surface area (Å²) in [7, 11) is 0. The minimum absolute atomic E-state index is 0.0565. The fourth-order valence-electron chi connectivity index (χ4n) is 4.88. The van der Waals surface area contributed by atoms with Crippen LogP contribution in [0, 0.1) is 6.92 Å². The average molecular weight is 533 g/mol. The first-order valence-electron chi connectivity index (χ1n) is 13.3. The molecule has 8 heteroatoms. The molecule has 0 amide bonds. The van der Waals surface area contributed by atoms with Crippen LogP contribution in [0.15, 0.2) is 98.7 Å². The second-order valence-corrected chi connectivity index (χ2v) is 9.81. The minimum Gasteiger partial charge on any atom is -0.462 e. The molecule has 0 atom stereocenters. The molecule has 0 aliphatic heterocycles. The molecule has 0 unspecified atom stereocenters. The Kier molecular flexibility index (Phi) is 6.74. The molecule has 0 bridgehead atoms. The molecule has 6 rings (SSSR count). The third-order valence-electron chi connectivity index (χ3n) is 6.90. The van der Waals surface area contributed by atoms with Crippen LogP contribution < -0.4 is 16.1 Å². The Morgan fingerprint density at radius 1 is 0.975 bits per heavy atom. The highest BCUT2D eigenvalue weighted by molar-refractivity contribution is 5.80. The molecular formula is C32H28N4O4. The molecule has 0 saturated heterocycles. The highest BCUT2D eigenvalue weighted by Gasteiger charge is 2.17. The molecule has 40 heavy (non-hydrogen) atoms. The number of aryl methyl sites for hydroxylation is 2. The standard InChI is InChI=1S/C32H28N4O4/c1-3-6-29-28(31(37)36(20(2)33-29)23-13-15-24(16-14-23)39-25-17-18-25)19-21-9-11-22(12-10-21)26-7-4-5-8-27(26)30-34-32(38)40-35-30/h4-5,7-17H,3,6,18-19H2,1-2H3,(H,34,35,38). The second kappa shape index (κ2) is 10.6. The van der Waals surface area contributed by atoms with Crippen molar-refractivity contribution in [3.63, 3.8) is 0 Å². The van der Waals surface area contributed by atoms with Crippen molar-refractivity contribution in [3.05, 3.63) is 128 Å². The van der Waals surface area contributed by atoms with E-state index < -0.39 is 5.76 Å². The zero-order valence-corrected chi connectivity index (χ0v) is 22.3. The summed E-state index contributed by atoms with van der Waals surface area (Å²) in [6, 6.07) is 23.3. The van der Waals surface area contributed by atoms with E-state index in [1.165, 1.54) is 0 Å². The predicted octanol–water partition coefficient (Wildman–Crippen LogP) is 5.76. The quantitative estimate of drug-likeness (QED) is 0.259. The van der Waals surface area contributed by atoms with Gasteiger partial charge < -0.3 is 4.74 Å². The summed E-state index contributed by atoms with van der Waals surface area (Å²) in [6.45, 7) is 3.97. The van der Waals surface area contributed by atoms with E-state index in [2.05, 4.69) is 17.1 Å². The molecule has 3 aromatic carbocycles. The molecule has 0 saturated carbocycles. The van der Waals surface area contributed by atoms with Gasteiger partial charge in [0.05, 0.1) is 11.4 Å². The maximum absolute atomic E-state index is 13.9. The summed E-state index contributed by atoms with van der Waals surface area (Å²) in [4.78, 5) is 32.9. The van der Waals surface area contributed by atoms with Gasteiger partial charge in [0.15, 0.2) is 5.82 Å². The molecule has 1 N–H and O–H groups in total. The summed E-state index contributed by atoms with van der Waals surface area (Å²) in [5, 5.41) is 3.85. The lowest BCUT2D eigenvalue weighted by Gasteiger charge is -2.16. The SMILES string of the molecule is CCCc1nc(C)n(-c2ccc(OC3=CC3)cc2)c(=O)c1Cc1ccc(-c2ccccc2-c2noc(=O)[nH]2)cc1. The lowest BCUT2D eigenvalue weighted by atomic mass is 9.96. The van der Waals surface area contributed by atoms with Gasteiger partial charge in [0.1, 0.15) is 17.3 Å². The van der Waals surface area contributed by atoms with Gasteiger partial charge in [-0.2, -0.15) is 0 Å². The largest absolute Gasteiger partial charge is 0.462 e. The number of allylic oxidation sites excluding steroid dienone is 2. The molecule has 2 aromatic heterocycles. The van der Waals surface area contributed by atoms with Gasteiger partial charge >= 0.3 is 5.76 Å². The van der Waals surface area contributed by atoms with Crippen molar-refractivity contribution in [2.24, 2.45) is 0 Å². The van der Waals surface area contributed by atoms with Gasteiger partial charge in [0, 0.05) is 24.0 Å². The van der Waals surface area contributed by atoms with E-state index >= 15 is 0 Å². The zero-order valence-electron chi connectivity index (χ0n) is 22.3. The van der Waals surface area contributed by atoms with Crippen LogP contribution in [0.2, 0.25) is 0 Å².